The van der Waals surface area contributed by atoms with E-state index < -0.39 is 18.0 Å². The smallest absolute Gasteiger partial charge is 0.437 e. The largest absolute Gasteiger partial charge is 0.455 e. The third kappa shape index (κ3) is 5.42. The molecule has 2 atom stereocenters. The number of hydrogen-bond donors (Lipinski definition) is 1. The van der Waals surface area contributed by atoms with Crippen LogP contribution in [-0.4, -0.2) is 38.7 Å². The molecule has 12 heteroatoms. The van der Waals surface area contributed by atoms with Gasteiger partial charge in [-0.2, -0.15) is 28.1 Å². The molecule has 0 bridgehead atoms. The van der Waals surface area contributed by atoms with Crippen molar-refractivity contribution in [2.24, 2.45) is 0 Å². The molecule has 2 aromatic heterocycles. The number of aromatic nitrogens is 4. The topological polar surface area (TPSA) is 102 Å². The Morgan fingerprint density at radius 2 is 1.94 bits per heavy atom. The highest BCUT2D eigenvalue weighted by Gasteiger charge is 2.37. The molecule has 184 valence electrons. The molecule has 1 amide bonds. The molecule has 1 fully saturated rings. The van der Waals surface area contributed by atoms with Gasteiger partial charge in [-0.3, -0.25) is 0 Å². The number of nitrogens with zero attached hydrogens (tertiary/aromatic N) is 5. The Balaban J connectivity index is 1.48. The molecular formula is C23H23F3N6O3. The summed E-state index contributed by atoms with van der Waals surface area (Å²) in [5.41, 5.74) is -0.279. The van der Waals surface area contributed by atoms with Crippen LogP contribution in [0.1, 0.15) is 43.4 Å². The Labute approximate surface area is 199 Å². The molecule has 4 rings (SSSR count). The molecule has 0 aliphatic carbocycles. The lowest BCUT2D eigenvalue weighted by Crippen LogP contribution is -2.34. The minimum atomic E-state index is -4.63. The van der Waals surface area contributed by atoms with Crippen molar-refractivity contribution in [1.29, 1.82) is 0 Å². The van der Waals surface area contributed by atoms with Gasteiger partial charge in [0.1, 0.15) is 18.2 Å². The summed E-state index contributed by atoms with van der Waals surface area (Å²) in [5.74, 6) is 0.774. The quantitative estimate of drug-likeness (QED) is 0.478. The number of hydrogen-bond acceptors (Lipinski definition) is 8. The van der Waals surface area contributed by atoms with Crippen molar-refractivity contribution in [3.05, 3.63) is 59.7 Å². The van der Waals surface area contributed by atoms with Gasteiger partial charge >= 0.3 is 12.3 Å². The molecule has 1 saturated heterocycles. The number of pyridine rings is 1. The highest BCUT2D eigenvalue weighted by Crippen LogP contribution is 2.36. The second-order valence-corrected chi connectivity index (χ2v) is 7.90. The first-order valence-electron chi connectivity index (χ1n) is 10.9. The summed E-state index contributed by atoms with van der Waals surface area (Å²) in [5, 5.41) is 3.17. The van der Waals surface area contributed by atoms with Gasteiger partial charge in [0.2, 0.25) is 11.9 Å². The predicted octanol–water partition coefficient (Wildman–Crippen LogP) is 5.29. The third-order valence-electron chi connectivity index (χ3n) is 5.38. The Kier molecular flexibility index (Phi) is 6.72. The van der Waals surface area contributed by atoms with E-state index in [0.29, 0.717) is 12.2 Å². The van der Waals surface area contributed by atoms with Crippen molar-refractivity contribution >= 4 is 18.0 Å². The molecule has 9 nitrogen and oxygen atoms in total. The highest BCUT2D eigenvalue weighted by molar-refractivity contribution is 5.88. The van der Waals surface area contributed by atoms with Gasteiger partial charge in [-0.15, -0.1) is 0 Å². The Bertz CT molecular complexity index is 1210. The molecule has 1 unspecified atom stereocenters. The van der Waals surface area contributed by atoms with Crippen LogP contribution < -0.4 is 15.0 Å². The predicted molar refractivity (Wildman–Crippen MR) is 120 cm³/mol. The maximum Gasteiger partial charge on any atom is 0.437 e. The number of anilines is 2. The van der Waals surface area contributed by atoms with Crippen molar-refractivity contribution in [2.75, 3.05) is 16.8 Å². The van der Waals surface area contributed by atoms with E-state index in [4.69, 9.17) is 9.47 Å². The second-order valence-electron chi connectivity index (χ2n) is 7.90. The first-order chi connectivity index (χ1) is 16.7. The van der Waals surface area contributed by atoms with Gasteiger partial charge in [0.15, 0.2) is 11.4 Å². The van der Waals surface area contributed by atoms with Crippen LogP contribution in [0.4, 0.5) is 29.9 Å². The second kappa shape index (κ2) is 9.72. The lowest BCUT2D eigenvalue weighted by Gasteiger charge is -2.20. The maximum absolute atomic E-state index is 13.2. The van der Waals surface area contributed by atoms with E-state index in [1.54, 1.807) is 31.2 Å². The molecule has 1 aromatic carbocycles. The van der Waals surface area contributed by atoms with E-state index in [1.807, 2.05) is 13.8 Å². The highest BCUT2D eigenvalue weighted by atomic mass is 19.4. The van der Waals surface area contributed by atoms with Crippen LogP contribution in [0, 0.1) is 6.92 Å². The number of alkyl halides is 3. The number of rotatable bonds is 7. The summed E-state index contributed by atoms with van der Waals surface area (Å²) < 4.78 is 50.0. The molecule has 0 saturated carbocycles. The Hall–Kier alpha value is -3.96. The number of aryl methyl sites for hydroxylation is 1. The van der Waals surface area contributed by atoms with Crippen molar-refractivity contribution in [3.8, 4) is 11.5 Å². The van der Waals surface area contributed by atoms with Crippen molar-refractivity contribution in [1.82, 2.24) is 19.9 Å². The zero-order valence-corrected chi connectivity index (χ0v) is 19.2. The zero-order valence-electron chi connectivity index (χ0n) is 19.2. The van der Waals surface area contributed by atoms with Gasteiger partial charge in [0.25, 0.3) is 0 Å². The number of carbonyl (C=O) groups is 1. The van der Waals surface area contributed by atoms with Gasteiger partial charge in [-0.25, -0.2) is 14.7 Å². The SMILES string of the molecule is CCC1COC(=O)N1c1nc(C)nc(N[C@@H](C)c2ccc(Oc3cccnc3C(F)(F)F)cc2)n1. The van der Waals surface area contributed by atoms with Crippen LogP contribution in [-0.2, 0) is 10.9 Å². The number of carbonyl (C=O) groups excluding carboxylic acids is 1. The van der Waals surface area contributed by atoms with Crippen LogP contribution >= 0.6 is 0 Å². The minimum Gasteiger partial charge on any atom is -0.455 e. The summed E-state index contributed by atoms with van der Waals surface area (Å²) >= 11 is 0. The molecule has 35 heavy (non-hydrogen) atoms. The first-order valence-corrected chi connectivity index (χ1v) is 10.9. The van der Waals surface area contributed by atoms with Crippen LogP contribution in [0.5, 0.6) is 11.5 Å². The number of benzene rings is 1. The fourth-order valence-corrected chi connectivity index (χ4v) is 3.56. The zero-order chi connectivity index (χ0) is 25.2. The lowest BCUT2D eigenvalue weighted by molar-refractivity contribution is -0.142. The monoisotopic (exact) mass is 488 g/mol. The summed E-state index contributed by atoms with van der Waals surface area (Å²) in [6.45, 7) is 5.79. The van der Waals surface area contributed by atoms with Gasteiger partial charge in [-0.05, 0) is 50.1 Å². The number of cyclic esters (lactones) is 1. The number of ether oxygens (including phenoxy) is 2. The Morgan fingerprint density at radius 1 is 1.20 bits per heavy atom. The molecule has 0 radical (unpaired) electrons. The van der Waals surface area contributed by atoms with Crippen molar-refractivity contribution in [3.63, 3.8) is 0 Å². The van der Waals surface area contributed by atoms with Crippen molar-refractivity contribution < 1.29 is 27.4 Å². The van der Waals surface area contributed by atoms with Gasteiger partial charge in [0.05, 0.1) is 12.1 Å². The molecule has 1 aliphatic heterocycles. The maximum atomic E-state index is 13.2. The minimum absolute atomic E-state index is 0.153. The number of amides is 1. The van der Waals surface area contributed by atoms with E-state index in [1.165, 1.54) is 17.0 Å². The summed E-state index contributed by atoms with van der Waals surface area (Å²) in [6, 6.07) is 8.74. The molecule has 1 N–H and O–H groups in total. The first kappa shape index (κ1) is 24.2. The van der Waals surface area contributed by atoms with Gasteiger partial charge in [0, 0.05) is 6.20 Å². The summed E-state index contributed by atoms with van der Waals surface area (Å²) in [7, 11) is 0. The van der Waals surface area contributed by atoms with E-state index >= 15 is 0 Å². The lowest BCUT2D eigenvalue weighted by atomic mass is 10.1. The molecular weight excluding hydrogens is 465 g/mol. The van der Waals surface area contributed by atoms with Crippen LogP contribution in [0.25, 0.3) is 0 Å². The fraction of sp³-hybridized carbons (Fsp3) is 0.348. The van der Waals surface area contributed by atoms with Crippen LogP contribution in [0.2, 0.25) is 0 Å². The van der Waals surface area contributed by atoms with Crippen LogP contribution in [0.15, 0.2) is 42.6 Å². The molecule has 3 aromatic rings. The van der Waals surface area contributed by atoms with Crippen LogP contribution in [0.3, 0.4) is 0 Å². The van der Waals surface area contributed by atoms with E-state index in [-0.39, 0.29) is 42.1 Å². The molecule has 3 heterocycles. The molecule has 0 spiro atoms. The summed E-state index contributed by atoms with van der Waals surface area (Å²) in [4.78, 5) is 29.9. The molecule has 1 aliphatic rings. The van der Waals surface area contributed by atoms with Gasteiger partial charge in [-0.1, -0.05) is 19.1 Å². The average molecular weight is 488 g/mol. The normalized spacial score (nSPS) is 16.7. The van der Waals surface area contributed by atoms with Crippen molar-refractivity contribution in [2.45, 2.75) is 45.5 Å². The average Bonchev–Trinajstić information content (AvgIpc) is 3.19. The summed E-state index contributed by atoms with van der Waals surface area (Å²) in [6.07, 6.45) is -3.37. The standard InChI is InChI=1S/C23H23F3N6O3/c1-4-16-12-34-22(33)32(16)21-30-14(3)29-20(31-21)28-13(2)15-7-9-17(10-8-15)35-18-6-5-11-27-19(18)23(24,25)26/h5-11,13,16H,4,12H2,1-3H3,(H,28,29,30,31)/t13-,16?/m0/s1. The third-order valence-corrected chi connectivity index (χ3v) is 5.38. The fourth-order valence-electron chi connectivity index (χ4n) is 3.56. The van der Waals surface area contributed by atoms with Gasteiger partial charge < -0.3 is 14.8 Å². The number of nitrogens with one attached hydrogen (secondary N) is 1. The van der Waals surface area contributed by atoms with E-state index in [2.05, 4.69) is 25.3 Å². The number of halogens is 3. The van der Waals surface area contributed by atoms with E-state index in [9.17, 15) is 18.0 Å². The Morgan fingerprint density at radius 3 is 2.63 bits per heavy atom. The van der Waals surface area contributed by atoms with E-state index in [0.717, 1.165) is 11.8 Å².